The normalized spacial score (nSPS) is 10.5. The monoisotopic (exact) mass is 291 g/mol. The number of rotatable bonds is 11. The van der Waals surface area contributed by atoms with Gasteiger partial charge in [0.15, 0.2) is 0 Å². The van der Waals surface area contributed by atoms with Crippen LogP contribution in [0, 0.1) is 0 Å². The van der Waals surface area contributed by atoms with Crippen molar-refractivity contribution in [3.8, 4) is 0 Å². The van der Waals surface area contributed by atoms with Gasteiger partial charge in [0.1, 0.15) is 0 Å². The lowest BCUT2D eigenvalue weighted by atomic mass is 10.1. The number of carbonyl (C=O) groups is 1. The molecule has 3 nitrogen and oxygen atoms in total. The topological polar surface area (TPSA) is 52.3 Å². The van der Waals surface area contributed by atoms with Gasteiger partial charge >= 0.3 is 5.97 Å². The standard InChI is InChI=1S/C18H29NO2/c1-2-3-4-5-6-7-8-9-14-21-18(20)15-16-10-12-17(19)13-11-16/h10-13H,2-9,14-15,19H2,1H3. The summed E-state index contributed by atoms with van der Waals surface area (Å²) in [4.78, 5) is 11.7. The molecule has 3 heteroatoms. The average molecular weight is 291 g/mol. The second-order valence-electron chi connectivity index (χ2n) is 5.61. The summed E-state index contributed by atoms with van der Waals surface area (Å²) in [6.45, 7) is 2.78. The number of esters is 1. The van der Waals surface area contributed by atoms with Crippen molar-refractivity contribution in [2.75, 3.05) is 12.3 Å². The maximum atomic E-state index is 11.7. The minimum Gasteiger partial charge on any atom is -0.465 e. The van der Waals surface area contributed by atoms with Gasteiger partial charge in [-0.05, 0) is 24.1 Å². The Morgan fingerprint density at radius 2 is 1.52 bits per heavy atom. The molecule has 0 fully saturated rings. The van der Waals surface area contributed by atoms with E-state index in [4.69, 9.17) is 10.5 Å². The molecule has 21 heavy (non-hydrogen) atoms. The fourth-order valence-electron chi connectivity index (χ4n) is 2.28. The van der Waals surface area contributed by atoms with Crippen molar-refractivity contribution >= 4 is 11.7 Å². The van der Waals surface area contributed by atoms with Crippen LogP contribution in [0.4, 0.5) is 5.69 Å². The van der Waals surface area contributed by atoms with Crippen molar-refractivity contribution in [3.63, 3.8) is 0 Å². The molecule has 0 atom stereocenters. The minimum atomic E-state index is -0.150. The quantitative estimate of drug-likeness (QED) is 0.371. The van der Waals surface area contributed by atoms with Crippen LogP contribution in [0.25, 0.3) is 0 Å². The van der Waals surface area contributed by atoms with E-state index >= 15 is 0 Å². The third-order valence-electron chi connectivity index (χ3n) is 3.59. The third kappa shape index (κ3) is 9.11. The SMILES string of the molecule is CCCCCCCCCCOC(=O)Cc1ccc(N)cc1. The predicted octanol–water partition coefficient (Wildman–Crippen LogP) is 4.50. The molecular formula is C18H29NO2. The van der Waals surface area contributed by atoms with Crippen LogP contribution in [-0.4, -0.2) is 12.6 Å². The second-order valence-corrected chi connectivity index (χ2v) is 5.61. The molecule has 0 saturated heterocycles. The summed E-state index contributed by atoms with van der Waals surface area (Å²) >= 11 is 0. The molecule has 1 rings (SSSR count). The Labute approximate surface area is 128 Å². The zero-order valence-electron chi connectivity index (χ0n) is 13.3. The molecule has 1 aromatic rings. The molecule has 0 aliphatic heterocycles. The Balaban J connectivity index is 1.97. The van der Waals surface area contributed by atoms with Gasteiger partial charge in [-0.1, -0.05) is 64.0 Å². The Bertz CT molecular complexity index is 387. The van der Waals surface area contributed by atoms with E-state index in [-0.39, 0.29) is 5.97 Å². The summed E-state index contributed by atoms with van der Waals surface area (Å²) in [6.07, 6.45) is 10.4. The molecule has 118 valence electrons. The number of unbranched alkanes of at least 4 members (excludes halogenated alkanes) is 7. The number of anilines is 1. The Hall–Kier alpha value is -1.51. The van der Waals surface area contributed by atoms with Crippen LogP contribution >= 0.6 is 0 Å². The molecule has 0 bridgehead atoms. The highest BCUT2D eigenvalue weighted by Gasteiger charge is 2.04. The highest BCUT2D eigenvalue weighted by atomic mass is 16.5. The molecule has 2 N–H and O–H groups in total. The molecular weight excluding hydrogens is 262 g/mol. The van der Waals surface area contributed by atoms with Crippen LogP contribution in [0.3, 0.4) is 0 Å². The predicted molar refractivity (Wildman–Crippen MR) is 88.1 cm³/mol. The summed E-state index contributed by atoms with van der Waals surface area (Å²) in [5.41, 5.74) is 7.27. The van der Waals surface area contributed by atoms with Gasteiger partial charge in [-0.3, -0.25) is 4.79 Å². The van der Waals surface area contributed by atoms with Gasteiger partial charge in [0.25, 0.3) is 0 Å². The Morgan fingerprint density at radius 1 is 0.952 bits per heavy atom. The van der Waals surface area contributed by atoms with Crippen molar-refractivity contribution in [2.24, 2.45) is 0 Å². The number of ether oxygens (including phenoxy) is 1. The van der Waals surface area contributed by atoms with Crippen LogP contribution in [0.1, 0.15) is 63.9 Å². The van der Waals surface area contributed by atoms with E-state index in [9.17, 15) is 4.79 Å². The maximum Gasteiger partial charge on any atom is 0.310 e. The number of carbonyl (C=O) groups excluding carboxylic acids is 1. The first-order chi connectivity index (χ1) is 10.2. The summed E-state index contributed by atoms with van der Waals surface area (Å²) in [6, 6.07) is 7.35. The zero-order valence-corrected chi connectivity index (χ0v) is 13.3. The maximum absolute atomic E-state index is 11.7. The van der Waals surface area contributed by atoms with Crippen LogP contribution in [0.5, 0.6) is 0 Å². The number of hydrogen-bond donors (Lipinski definition) is 1. The smallest absolute Gasteiger partial charge is 0.310 e. The van der Waals surface area contributed by atoms with E-state index in [0.717, 1.165) is 18.4 Å². The van der Waals surface area contributed by atoms with Gasteiger partial charge < -0.3 is 10.5 Å². The van der Waals surface area contributed by atoms with Crippen molar-refractivity contribution < 1.29 is 9.53 Å². The van der Waals surface area contributed by atoms with Crippen LogP contribution < -0.4 is 5.73 Å². The Morgan fingerprint density at radius 3 is 2.14 bits per heavy atom. The molecule has 0 heterocycles. The Kier molecular flexibility index (Phi) is 9.34. The zero-order chi connectivity index (χ0) is 15.3. The largest absolute Gasteiger partial charge is 0.465 e. The average Bonchev–Trinajstić information content (AvgIpc) is 2.48. The lowest BCUT2D eigenvalue weighted by Crippen LogP contribution is -2.09. The lowest BCUT2D eigenvalue weighted by molar-refractivity contribution is -0.142. The lowest BCUT2D eigenvalue weighted by Gasteiger charge is -2.05. The summed E-state index contributed by atoms with van der Waals surface area (Å²) < 4.78 is 5.25. The van der Waals surface area contributed by atoms with Crippen LogP contribution in [-0.2, 0) is 16.0 Å². The van der Waals surface area contributed by atoms with E-state index in [1.807, 2.05) is 12.1 Å². The van der Waals surface area contributed by atoms with Crippen molar-refractivity contribution in [3.05, 3.63) is 29.8 Å². The first kappa shape index (κ1) is 17.5. The molecule has 0 unspecified atom stereocenters. The molecule has 0 radical (unpaired) electrons. The van der Waals surface area contributed by atoms with Gasteiger partial charge in [0.05, 0.1) is 13.0 Å². The number of hydrogen-bond acceptors (Lipinski definition) is 3. The summed E-state index contributed by atoms with van der Waals surface area (Å²) in [5.74, 6) is -0.150. The van der Waals surface area contributed by atoms with Crippen molar-refractivity contribution in [1.82, 2.24) is 0 Å². The molecule has 0 saturated carbocycles. The van der Waals surface area contributed by atoms with Crippen molar-refractivity contribution in [2.45, 2.75) is 64.7 Å². The van der Waals surface area contributed by atoms with E-state index in [1.54, 1.807) is 12.1 Å². The fraction of sp³-hybridized carbons (Fsp3) is 0.611. The minimum absolute atomic E-state index is 0.150. The van der Waals surface area contributed by atoms with Crippen molar-refractivity contribution in [1.29, 1.82) is 0 Å². The molecule has 0 aliphatic carbocycles. The van der Waals surface area contributed by atoms with Gasteiger partial charge in [0.2, 0.25) is 0 Å². The highest BCUT2D eigenvalue weighted by molar-refractivity contribution is 5.72. The number of benzene rings is 1. The third-order valence-corrected chi connectivity index (χ3v) is 3.59. The number of nitrogen functional groups attached to an aromatic ring is 1. The van der Waals surface area contributed by atoms with Gasteiger partial charge in [-0.25, -0.2) is 0 Å². The summed E-state index contributed by atoms with van der Waals surface area (Å²) in [5, 5.41) is 0. The van der Waals surface area contributed by atoms with Gasteiger partial charge in [-0.15, -0.1) is 0 Å². The molecule has 1 aromatic carbocycles. The van der Waals surface area contributed by atoms with Gasteiger partial charge in [0, 0.05) is 5.69 Å². The molecule has 0 amide bonds. The van der Waals surface area contributed by atoms with E-state index in [1.165, 1.54) is 38.5 Å². The van der Waals surface area contributed by atoms with E-state index in [2.05, 4.69) is 6.92 Å². The summed E-state index contributed by atoms with van der Waals surface area (Å²) in [7, 11) is 0. The highest BCUT2D eigenvalue weighted by Crippen LogP contribution is 2.09. The van der Waals surface area contributed by atoms with E-state index < -0.39 is 0 Å². The number of nitrogens with two attached hydrogens (primary N) is 1. The van der Waals surface area contributed by atoms with Crippen LogP contribution in [0.15, 0.2) is 24.3 Å². The second kappa shape index (κ2) is 11.2. The molecule has 0 aliphatic rings. The van der Waals surface area contributed by atoms with Gasteiger partial charge in [-0.2, -0.15) is 0 Å². The van der Waals surface area contributed by atoms with Crippen LogP contribution in [0.2, 0.25) is 0 Å². The first-order valence-electron chi connectivity index (χ1n) is 8.22. The first-order valence-corrected chi connectivity index (χ1v) is 8.22. The molecule has 0 spiro atoms. The fourth-order valence-corrected chi connectivity index (χ4v) is 2.28. The van der Waals surface area contributed by atoms with E-state index in [0.29, 0.717) is 18.7 Å². The molecule has 0 aromatic heterocycles.